The Morgan fingerprint density at radius 1 is 1.20 bits per heavy atom. The second kappa shape index (κ2) is 17.4. The van der Waals surface area contributed by atoms with Crippen LogP contribution in [-0.4, -0.2) is 112 Å². The molecule has 0 aliphatic carbocycles. The summed E-state index contributed by atoms with van der Waals surface area (Å²) in [6, 6.07) is 7.83. The van der Waals surface area contributed by atoms with E-state index in [1.54, 1.807) is 54.6 Å². The van der Waals surface area contributed by atoms with Gasteiger partial charge in [-0.3, -0.25) is 9.59 Å². The molecule has 1 aromatic carbocycles. The molecular formula is C32H50N4O7S2. The fourth-order valence-electron chi connectivity index (χ4n) is 5.16. The number of amides is 2. The molecule has 2 amide bonds. The van der Waals surface area contributed by atoms with Crippen LogP contribution in [0.2, 0.25) is 0 Å². The summed E-state index contributed by atoms with van der Waals surface area (Å²) in [5.74, 6) is -0.373. The first-order valence-corrected chi connectivity index (χ1v) is 17.9. The number of likely N-dealkylation sites (N-methyl/N-ethyl adjacent to an activating group) is 1. The van der Waals surface area contributed by atoms with Crippen molar-refractivity contribution in [2.45, 2.75) is 75.3 Å². The van der Waals surface area contributed by atoms with Crippen LogP contribution in [0.5, 0.6) is 5.75 Å². The smallest absolute Gasteiger partial charge is 0.258 e. The molecular weight excluding hydrogens is 617 g/mol. The van der Waals surface area contributed by atoms with Crippen LogP contribution in [0.15, 0.2) is 39.9 Å². The molecule has 0 spiro atoms. The molecule has 11 nitrogen and oxygen atoms in total. The van der Waals surface area contributed by atoms with E-state index in [9.17, 15) is 23.1 Å². The summed E-state index contributed by atoms with van der Waals surface area (Å²) in [5, 5.41) is 14.8. The molecule has 2 N–H and O–H groups in total. The van der Waals surface area contributed by atoms with E-state index in [4.69, 9.17) is 9.47 Å². The highest BCUT2D eigenvalue weighted by Gasteiger charge is 2.32. The summed E-state index contributed by atoms with van der Waals surface area (Å²) in [6.45, 7) is 6.90. The molecule has 0 unspecified atom stereocenters. The van der Waals surface area contributed by atoms with Crippen LogP contribution in [0.1, 0.15) is 63.2 Å². The summed E-state index contributed by atoms with van der Waals surface area (Å²) in [7, 11) is 1.76. The Labute approximate surface area is 272 Å². The fourth-order valence-corrected chi connectivity index (χ4v) is 7.54. The number of rotatable bonds is 11. The van der Waals surface area contributed by atoms with E-state index in [1.165, 1.54) is 4.31 Å². The highest BCUT2D eigenvalue weighted by Crippen LogP contribution is 2.29. The van der Waals surface area contributed by atoms with Gasteiger partial charge >= 0.3 is 0 Å². The molecule has 45 heavy (non-hydrogen) atoms. The summed E-state index contributed by atoms with van der Waals surface area (Å²) in [5.41, 5.74) is 0.771. The Bertz CT molecular complexity index is 1340. The third-order valence-electron chi connectivity index (χ3n) is 7.94. The number of fused-ring (bicyclic) bond motifs is 1. The average molecular weight is 667 g/mol. The van der Waals surface area contributed by atoms with Crippen LogP contribution in [0, 0.1) is 5.92 Å². The van der Waals surface area contributed by atoms with E-state index in [1.807, 2.05) is 32.8 Å². The van der Waals surface area contributed by atoms with Gasteiger partial charge in [-0.15, -0.1) is 11.3 Å². The van der Waals surface area contributed by atoms with Gasteiger partial charge in [0, 0.05) is 44.8 Å². The van der Waals surface area contributed by atoms with E-state index in [0.717, 1.165) is 37.1 Å². The SMILES string of the molecule is C[C@@H]1CN([C@H](C)CO)C(=O)c2cc(NC(=O)CCCN(C)C)ccc2O[C@@H](C)CCCCO[C@@H]1CN(C)S(=O)(=O)c1cccs1. The molecule has 0 radical (unpaired) electrons. The molecule has 1 aliphatic rings. The van der Waals surface area contributed by atoms with Gasteiger partial charge in [0.05, 0.1) is 30.4 Å². The molecule has 4 atom stereocenters. The van der Waals surface area contributed by atoms with Crippen molar-refractivity contribution in [2.24, 2.45) is 5.92 Å². The zero-order chi connectivity index (χ0) is 33.1. The first-order chi connectivity index (χ1) is 21.3. The standard InChI is InChI=1S/C32H50N4O7S2/c1-23-20-36(24(2)22-37)32(39)27-19-26(33-30(38)12-9-16-34(4)5)14-15-28(27)43-25(3)11-7-8-17-42-29(23)21-35(6)45(40,41)31-13-10-18-44-31/h10,13-15,18-19,23-25,29,37H,7-9,11-12,16-17,20-22H2,1-6H3,(H,33,38)/t23-,24-,25+,29-/m1/s1. The van der Waals surface area contributed by atoms with E-state index in [2.05, 4.69) is 5.32 Å². The predicted octanol–water partition coefficient (Wildman–Crippen LogP) is 4.14. The lowest BCUT2D eigenvalue weighted by Crippen LogP contribution is -2.48. The zero-order valence-electron chi connectivity index (χ0n) is 27.4. The van der Waals surface area contributed by atoms with Gasteiger partial charge in [-0.2, -0.15) is 4.31 Å². The van der Waals surface area contributed by atoms with Crippen LogP contribution in [-0.2, 0) is 19.6 Å². The monoisotopic (exact) mass is 666 g/mol. The summed E-state index contributed by atoms with van der Waals surface area (Å²) in [4.78, 5) is 30.5. The highest BCUT2D eigenvalue weighted by molar-refractivity contribution is 7.91. The number of ether oxygens (including phenoxy) is 2. The molecule has 2 aromatic rings. The highest BCUT2D eigenvalue weighted by atomic mass is 32.2. The molecule has 2 heterocycles. The molecule has 0 saturated carbocycles. The van der Waals surface area contributed by atoms with Crippen molar-refractivity contribution < 1.29 is 32.6 Å². The molecule has 13 heteroatoms. The van der Waals surface area contributed by atoms with Crippen molar-refractivity contribution in [3.63, 3.8) is 0 Å². The zero-order valence-corrected chi connectivity index (χ0v) is 29.0. The maximum atomic E-state index is 14.3. The maximum absolute atomic E-state index is 14.3. The van der Waals surface area contributed by atoms with Gasteiger partial charge in [0.2, 0.25) is 5.91 Å². The van der Waals surface area contributed by atoms with Crippen molar-refractivity contribution in [1.82, 2.24) is 14.1 Å². The van der Waals surface area contributed by atoms with Crippen LogP contribution < -0.4 is 10.1 Å². The van der Waals surface area contributed by atoms with Crippen molar-refractivity contribution in [1.29, 1.82) is 0 Å². The molecule has 0 bridgehead atoms. The minimum Gasteiger partial charge on any atom is -0.490 e. The Hall–Kier alpha value is -2.55. The van der Waals surface area contributed by atoms with Crippen molar-refractivity contribution in [3.8, 4) is 5.75 Å². The summed E-state index contributed by atoms with van der Waals surface area (Å²) in [6.07, 6.45) is 2.67. The fraction of sp³-hybridized carbons (Fsp3) is 0.625. The Morgan fingerprint density at radius 2 is 1.96 bits per heavy atom. The van der Waals surface area contributed by atoms with Crippen LogP contribution in [0.4, 0.5) is 5.69 Å². The number of hydrogen-bond donors (Lipinski definition) is 2. The number of thiophene rings is 1. The van der Waals surface area contributed by atoms with Crippen molar-refractivity contribution >= 4 is 38.9 Å². The third kappa shape index (κ3) is 10.8. The number of carbonyl (C=O) groups is 2. The molecule has 252 valence electrons. The topological polar surface area (TPSA) is 129 Å². The number of nitrogens with one attached hydrogen (secondary N) is 1. The molecule has 3 rings (SSSR count). The number of hydrogen-bond acceptors (Lipinski definition) is 9. The minimum absolute atomic E-state index is 0.108. The quantitative estimate of drug-likeness (QED) is 0.366. The number of nitrogens with zero attached hydrogens (tertiary/aromatic N) is 3. The summed E-state index contributed by atoms with van der Waals surface area (Å²) >= 11 is 1.16. The largest absolute Gasteiger partial charge is 0.490 e. The number of sulfonamides is 1. The Balaban J connectivity index is 1.92. The maximum Gasteiger partial charge on any atom is 0.258 e. The Morgan fingerprint density at radius 3 is 2.62 bits per heavy atom. The lowest BCUT2D eigenvalue weighted by atomic mass is 10.0. The number of aliphatic hydroxyl groups excluding tert-OH is 1. The van der Waals surface area contributed by atoms with Gasteiger partial charge in [0.25, 0.3) is 15.9 Å². The van der Waals surface area contributed by atoms with Crippen LogP contribution >= 0.6 is 11.3 Å². The molecule has 0 fully saturated rings. The second-order valence-electron chi connectivity index (χ2n) is 12.2. The van der Waals surface area contributed by atoms with E-state index in [-0.39, 0.29) is 53.3 Å². The third-order valence-corrected chi connectivity index (χ3v) is 11.1. The van der Waals surface area contributed by atoms with Gasteiger partial charge < -0.3 is 29.7 Å². The van der Waals surface area contributed by atoms with Gasteiger partial charge in [-0.05, 0) is 89.8 Å². The van der Waals surface area contributed by atoms with E-state index in [0.29, 0.717) is 30.9 Å². The Kier molecular flexibility index (Phi) is 14.3. The lowest BCUT2D eigenvalue weighted by molar-refractivity contribution is -0.116. The summed E-state index contributed by atoms with van der Waals surface area (Å²) < 4.78 is 40.5. The van der Waals surface area contributed by atoms with E-state index >= 15 is 0 Å². The van der Waals surface area contributed by atoms with Gasteiger partial charge in [-0.25, -0.2) is 8.42 Å². The molecule has 1 aromatic heterocycles. The number of benzene rings is 1. The number of carbonyl (C=O) groups excluding carboxylic acids is 2. The average Bonchev–Trinajstić information content (AvgIpc) is 3.54. The molecule has 1 aliphatic heterocycles. The minimum atomic E-state index is -3.70. The first kappa shape index (κ1) is 36.9. The predicted molar refractivity (Wildman–Crippen MR) is 177 cm³/mol. The second-order valence-corrected chi connectivity index (χ2v) is 15.4. The lowest BCUT2D eigenvalue weighted by Gasteiger charge is -2.35. The van der Waals surface area contributed by atoms with Crippen molar-refractivity contribution in [2.75, 3.05) is 59.3 Å². The van der Waals surface area contributed by atoms with Gasteiger partial charge in [0.15, 0.2) is 0 Å². The van der Waals surface area contributed by atoms with Gasteiger partial charge in [-0.1, -0.05) is 13.0 Å². The van der Waals surface area contributed by atoms with Crippen molar-refractivity contribution in [3.05, 3.63) is 41.3 Å². The van der Waals surface area contributed by atoms with Crippen LogP contribution in [0.25, 0.3) is 0 Å². The normalized spacial score (nSPS) is 21.2. The first-order valence-electron chi connectivity index (χ1n) is 15.6. The number of aliphatic hydroxyl groups is 1. The number of anilines is 1. The van der Waals surface area contributed by atoms with Crippen LogP contribution in [0.3, 0.4) is 0 Å². The van der Waals surface area contributed by atoms with E-state index < -0.39 is 22.2 Å². The van der Waals surface area contributed by atoms with Gasteiger partial charge in [0.1, 0.15) is 9.96 Å². The molecule has 0 saturated heterocycles.